The van der Waals surface area contributed by atoms with Gasteiger partial charge in [-0.25, -0.2) is 9.97 Å². The number of rotatable bonds is 3. The fourth-order valence-corrected chi connectivity index (χ4v) is 3.39. The first-order chi connectivity index (χ1) is 12.3. The number of H-pyrrole nitrogens is 1. The molecule has 1 N–H and O–H groups in total. The molecule has 4 rings (SSSR count). The SMILES string of the molecule is COc1cccc(C(=O)N2CCCC(c3[nH]nc4nccnc34)C2)c1. The summed E-state index contributed by atoms with van der Waals surface area (Å²) in [5.41, 5.74) is 3.03. The Kier molecular flexibility index (Phi) is 4.05. The van der Waals surface area contributed by atoms with Crippen LogP contribution < -0.4 is 4.74 Å². The van der Waals surface area contributed by atoms with E-state index >= 15 is 0 Å². The molecule has 1 amide bonds. The molecule has 0 radical (unpaired) electrons. The van der Waals surface area contributed by atoms with Gasteiger partial charge in [0, 0.05) is 37.0 Å². The van der Waals surface area contributed by atoms with Crippen molar-refractivity contribution in [2.45, 2.75) is 18.8 Å². The number of carbonyl (C=O) groups excluding carboxylic acids is 1. The van der Waals surface area contributed by atoms with E-state index in [-0.39, 0.29) is 11.8 Å². The van der Waals surface area contributed by atoms with Gasteiger partial charge in [0.15, 0.2) is 5.65 Å². The predicted molar refractivity (Wildman–Crippen MR) is 92.6 cm³/mol. The number of piperidine rings is 1. The smallest absolute Gasteiger partial charge is 0.254 e. The molecule has 2 aromatic heterocycles. The minimum Gasteiger partial charge on any atom is -0.497 e. The van der Waals surface area contributed by atoms with Crippen molar-refractivity contribution in [2.75, 3.05) is 20.2 Å². The van der Waals surface area contributed by atoms with E-state index in [4.69, 9.17) is 4.74 Å². The van der Waals surface area contributed by atoms with Crippen LogP contribution in [0.5, 0.6) is 5.75 Å². The van der Waals surface area contributed by atoms with Crippen molar-refractivity contribution in [1.82, 2.24) is 25.1 Å². The van der Waals surface area contributed by atoms with Crippen LogP contribution in [0.4, 0.5) is 0 Å². The summed E-state index contributed by atoms with van der Waals surface area (Å²) >= 11 is 0. The number of carbonyl (C=O) groups is 1. The molecule has 3 aromatic rings. The van der Waals surface area contributed by atoms with Gasteiger partial charge >= 0.3 is 0 Å². The van der Waals surface area contributed by atoms with E-state index in [0.717, 1.165) is 30.6 Å². The molecule has 1 aliphatic rings. The van der Waals surface area contributed by atoms with E-state index in [0.29, 0.717) is 23.5 Å². The molecule has 1 aromatic carbocycles. The summed E-state index contributed by atoms with van der Waals surface area (Å²) in [4.78, 5) is 23.4. The Labute approximate surface area is 145 Å². The van der Waals surface area contributed by atoms with Crippen LogP contribution in [0.25, 0.3) is 11.2 Å². The van der Waals surface area contributed by atoms with E-state index in [1.165, 1.54) is 0 Å². The predicted octanol–water partition coefficient (Wildman–Crippen LogP) is 2.38. The Morgan fingerprint density at radius 3 is 3.08 bits per heavy atom. The minimum atomic E-state index is 0.0264. The number of aromatic nitrogens is 4. The van der Waals surface area contributed by atoms with Crippen LogP contribution in [-0.2, 0) is 0 Å². The van der Waals surface area contributed by atoms with E-state index in [1.54, 1.807) is 25.6 Å². The number of nitrogens with zero attached hydrogens (tertiary/aromatic N) is 4. The molecule has 7 heteroatoms. The van der Waals surface area contributed by atoms with Gasteiger partial charge in [0.25, 0.3) is 5.91 Å². The lowest BCUT2D eigenvalue weighted by molar-refractivity contribution is 0.0706. The number of likely N-dealkylation sites (tertiary alicyclic amines) is 1. The molecule has 7 nitrogen and oxygen atoms in total. The fraction of sp³-hybridized carbons (Fsp3) is 0.333. The summed E-state index contributed by atoms with van der Waals surface area (Å²) in [6, 6.07) is 7.28. The summed E-state index contributed by atoms with van der Waals surface area (Å²) in [7, 11) is 1.60. The van der Waals surface area contributed by atoms with Crippen molar-refractivity contribution in [2.24, 2.45) is 0 Å². The molecule has 3 heterocycles. The van der Waals surface area contributed by atoms with Crippen molar-refractivity contribution in [1.29, 1.82) is 0 Å². The van der Waals surface area contributed by atoms with Crippen molar-refractivity contribution >= 4 is 17.1 Å². The van der Waals surface area contributed by atoms with Crippen LogP contribution in [0.1, 0.15) is 34.8 Å². The molecule has 1 atom stereocenters. The average Bonchev–Trinajstić information content (AvgIpc) is 3.12. The Morgan fingerprint density at radius 1 is 1.32 bits per heavy atom. The van der Waals surface area contributed by atoms with Gasteiger partial charge in [-0.15, -0.1) is 0 Å². The second-order valence-corrected chi connectivity index (χ2v) is 6.19. The third kappa shape index (κ3) is 2.93. The van der Waals surface area contributed by atoms with Crippen LogP contribution in [0, 0.1) is 0 Å². The van der Waals surface area contributed by atoms with Crippen molar-refractivity contribution in [3.63, 3.8) is 0 Å². The molecule has 128 valence electrons. The van der Waals surface area contributed by atoms with E-state index < -0.39 is 0 Å². The van der Waals surface area contributed by atoms with Crippen molar-refractivity contribution < 1.29 is 9.53 Å². The van der Waals surface area contributed by atoms with E-state index in [1.807, 2.05) is 23.1 Å². The summed E-state index contributed by atoms with van der Waals surface area (Å²) in [6.45, 7) is 1.40. The molecular weight excluding hydrogens is 318 g/mol. The fourth-order valence-electron chi connectivity index (χ4n) is 3.39. The Balaban J connectivity index is 1.57. The highest BCUT2D eigenvalue weighted by Gasteiger charge is 2.28. The number of fused-ring (bicyclic) bond motifs is 1. The molecule has 0 aliphatic carbocycles. The lowest BCUT2D eigenvalue weighted by Crippen LogP contribution is -2.39. The lowest BCUT2D eigenvalue weighted by Gasteiger charge is -2.32. The minimum absolute atomic E-state index is 0.0264. The molecule has 1 saturated heterocycles. The summed E-state index contributed by atoms with van der Waals surface area (Å²) < 4.78 is 5.22. The average molecular weight is 337 g/mol. The number of hydrogen-bond acceptors (Lipinski definition) is 5. The standard InChI is InChI=1S/C18H19N5O2/c1-25-14-6-2-4-12(10-14)18(24)23-9-3-5-13(11-23)15-16-17(22-21-15)20-8-7-19-16/h2,4,6-8,10,13H,3,5,9,11H2,1H3,(H,20,21,22). The number of benzene rings is 1. The Morgan fingerprint density at radius 2 is 2.20 bits per heavy atom. The monoisotopic (exact) mass is 337 g/mol. The first-order valence-electron chi connectivity index (χ1n) is 8.34. The summed E-state index contributed by atoms with van der Waals surface area (Å²) in [6.07, 6.45) is 5.24. The highest BCUT2D eigenvalue weighted by Crippen LogP contribution is 2.30. The zero-order chi connectivity index (χ0) is 17.2. The zero-order valence-electron chi connectivity index (χ0n) is 14.0. The number of methoxy groups -OCH3 is 1. The lowest BCUT2D eigenvalue weighted by atomic mass is 9.94. The van der Waals surface area contributed by atoms with Gasteiger partial charge in [0.2, 0.25) is 0 Å². The van der Waals surface area contributed by atoms with Crippen molar-refractivity contribution in [3.8, 4) is 5.75 Å². The van der Waals surface area contributed by atoms with Crippen LogP contribution in [0.2, 0.25) is 0 Å². The van der Waals surface area contributed by atoms with Gasteiger partial charge in [0.05, 0.1) is 12.8 Å². The van der Waals surface area contributed by atoms with Gasteiger partial charge in [0.1, 0.15) is 11.3 Å². The number of aromatic amines is 1. The van der Waals surface area contributed by atoms with Gasteiger partial charge in [-0.3, -0.25) is 9.89 Å². The zero-order valence-corrected chi connectivity index (χ0v) is 14.0. The highest BCUT2D eigenvalue weighted by atomic mass is 16.5. The third-order valence-electron chi connectivity index (χ3n) is 4.65. The number of amides is 1. The Hall–Kier alpha value is -2.96. The van der Waals surface area contributed by atoms with Gasteiger partial charge in [-0.1, -0.05) is 6.07 Å². The van der Waals surface area contributed by atoms with Gasteiger partial charge < -0.3 is 9.64 Å². The number of nitrogens with one attached hydrogen (secondary N) is 1. The normalized spacial score (nSPS) is 17.6. The van der Waals surface area contributed by atoms with Crippen molar-refractivity contribution in [3.05, 3.63) is 47.9 Å². The first kappa shape index (κ1) is 15.6. The summed E-state index contributed by atoms with van der Waals surface area (Å²) in [5, 5.41) is 7.29. The van der Waals surface area contributed by atoms with E-state index in [9.17, 15) is 4.79 Å². The largest absolute Gasteiger partial charge is 0.497 e. The van der Waals surface area contributed by atoms with Gasteiger partial charge in [-0.2, -0.15) is 5.10 Å². The number of hydrogen-bond donors (Lipinski definition) is 1. The van der Waals surface area contributed by atoms with Gasteiger partial charge in [-0.05, 0) is 31.0 Å². The molecule has 0 saturated carbocycles. The molecule has 0 spiro atoms. The highest BCUT2D eigenvalue weighted by molar-refractivity contribution is 5.94. The molecule has 1 fully saturated rings. The maximum atomic E-state index is 12.9. The molecule has 1 aliphatic heterocycles. The maximum Gasteiger partial charge on any atom is 0.254 e. The third-order valence-corrected chi connectivity index (χ3v) is 4.65. The molecule has 25 heavy (non-hydrogen) atoms. The number of ether oxygens (including phenoxy) is 1. The molecule has 1 unspecified atom stereocenters. The van der Waals surface area contributed by atoms with Crippen LogP contribution in [0.15, 0.2) is 36.7 Å². The molecular formula is C18H19N5O2. The topological polar surface area (TPSA) is 84.0 Å². The molecule has 0 bridgehead atoms. The van der Waals surface area contributed by atoms with Crippen LogP contribution >= 0.6 is 0 Å². The van der Waals surface area contributed by atoms with Crippen LogP contribution in [-0.4, -0.2) is 51.2 Å². The first-order valence-corrected chi connectivity index (χ1v) is 8.34. The summed E-state index contributed by atoms with van der Waals surface area (Å²) in [5.74, 6) is 0.901. The van der Waals surface area contributed by atoms with E-state index in [2.05, 4.69) is 20.2 Å². The second-order valence-electron chi connectivity index (χ2n) is 6.19. The second kappa shape index (κ2) is 6.51. The van der Waals surface area contributed by atoms with Crippen LogP contribution in [0.3, 0.4) is 0 Å². The Bertz CT molecular complexity index is 907. The maximum absolute atomic E-state index is 12.9. The quantitative estimate of drug-likeness (QED) is 0.793.